The Hall–Kier alpha value is -2.74. The van der Waals surface area contributed by atoms with Crippen LogP contribution in [0.1, 0.15) is 32.7 Å². The molecule has 7 nitrogen and oxygen atoms in total. The molecule has 8 heteroatoms. The molecule has 1 N–H and O–H groups in total. The molecule has 2 aromatic rings. The average Bonchev–Trinajstić information content (AvgIpc) is 3.05. The van der Waals surface area contributed by atoms with Gasteiger partial charge in [0.2, 0.25) is 0 Å². The molecule has 2 amide bonds. The summed E-state index contributed by atoms with van der Waals surface area (Å²) in [6.45, 7) is 0.373. The monoisotopic (exact) mass is 387 g/mol. The van der Waals surface area contributed by atoms with Crippen LogP contribution in [0.4, 0.5) is 0 Å². The summed E-state index contributed by atoms with van der Waals surface area (Å²) in [6.07, 6.45) is 3.21. The van der Waals surface area contributed by atoms with Crippen LogP contribution in [0, 0.1) is 0 Å². The van der Waals surface area contributed by atoms with Crippen LogP contribution in [-0.2, 0) is 16.4 Å². The first kappa shape index (κ1) is 19.0. The number of carbonyl (C=O) groups excluding carboxylic acids is 2. The van der Waals surface area contributed by atoms with Crippen LogP contribution in [0.3, 0.4) is 0 Å². The molecule has 1 unspecified atom stereocenters. The van der Waals surface area contributed by atoms with Crippen molar-refractivity contribution in [2.45, 2.75) is 19.0 Å². The van der Waals surface area contributed by atoms with Crippen molar-refractivity contribution in [1.82, 2.24) is 15.2 Å². The van der Waals surface area contributed by atoms with Crippen LogP contribution in [-0.4, -0.2) is 54.7 Å². The summed E-state index contributed by atoms with van der Waals surface area (Å²) in [7, 11) is -1.51. The number of carbonyl (C=O) groups is 2. The Morgan fingerprint density at radius 2 is 1.89 bits per heavy atom. The molecule has 1 saturated heterocycles. The summed E-state index contributed by atoms with van der Waals surface area (Å²) in [5.41, 5.74) is 1.51. The summed E-state index contributed by atoms with van der Waals surface area (Å²) in [6, 6.07) is 10.6. The van der Waals surface area contributed by atoms with Gasteiger partial charge in [-0.1, -0.05) is 30.3 Å². The Morgan fingerprint density at radius 3 is 2.56 bits per heavy atom. The van der Waals surface area contributed by atoms with Gasteiger partial charge in [0.25, 0.3) is 11.8 Å². The molecule has 1 aliphatic rings. The van der Waals surface area contributed by atoms with Gasteiger partial charge in [0.1, 0.15) is 0 Å². The molecular formula is C19H21N3O4S. The largest absolute Gasteiger partial charge is 0.348 e. The second-order valence-corrected chi connectivity index (χ2v) is 8.83. The maximum atomic E-state index is 12.7. The number of rotatable bonds is 5. The Labute approximate surface area is 158 Å². The second-order valence-electron chi connectivity index (χ2n) is 6.60. The highest BCUT2D eigenvalue weighted by molar-refractivity contribution is 7.91. The molecule has 0 aliphatic carbocycles. The van der Waals surface area contributed by atoms with E-state index in [0.717, 1.165) is 5.56 Å². The smallest absolute Gasteiger partial charge is 0.255 e. The van der Waals surface area contributed by atoms with Crippen LogP contribution in [0.15, 0.2) is 48.8 Å². The quantitative estimate of drug-likeness (QED) is 0.833. The van der Waals surface area contributed by atoms with E-state index in [4.69, 9.17) is 0 Å². The fraction of sp³-hybridized carbons (Fsp3) is 0.316. The summed E-state index contributed by atoms with van der Waals surface area (Å²) in [4.78, 5) is 30.4. The zero-order chi connectivity index (χ0) is 19.4. The van der Waals surface area contributed by atoms with Crippen LogP contribution in [0.2, 0.25) is 0 Å². The molecule has 1 aromatic carbocycles. The molecule has 1 fully saturated rings. The van der Waals surface area contributed by atoms with Gasteiger partial charge in [-0.3, -0.25) is 14.6 Å². The number of benzene rings is 1. The highest BCUT2D eigenvalue weighted by atomic mass is 32.2. The topological polar surface area (TPSA) is 96.4 Å². The molecule has 2 heterocycles. The molecular weight excluding hydrogens is 366 g/mol. The van der Waals surface area contributed by atoms with Gasteiger partial charge in [-0.2, -0.15) is 0 Å². The van der Waals surface area contributed by atoms with Crippen molar-refractivity contribution in [2.24, 2.45) is 0 Å². The molecule has 1 aliphatic heterocycles. The lowest BCUT2D eigenvalue weighted by Crippen LogP contribution is -2.38. The molecule has 0 saturated carbocycles. The molecule has 142 valence electrons. The number of aromatic nitrogens is 1. The van der Waals surface area contributed by atoms with Crippen LogP contribution in [0.25, 0.3) is 0 Å². The van der Waals surface area contributed by atoms with Crippen molar-refractivity contribution in [3.63, 3.8) is 0 Å². The third kappa shape index (κ3) is 4.71. The van der Waals surface area contributed by atoms with Gasteiger partial charge in [0.15, 0.2) is 9.84 Å². The number of hydrogen-bond acceptors (Lipinski definition) is 5. The first-order valence-electron chi connectivity index (χ1n) is 8.60. The van der Waals surface area contributed by atoms with E-state index in [9.17, 15) is 18.0 Å². The molecule has 27 heavy (non-hydrogen) atoms. The van der Waals surface area contributed by atoms with Crippen LogP contribution < -0.4 is 5.32 Å². The van der Waals surface area contributed by atoms with E-state index in [1.54, 1.807) is 7.05 Å². The normalized spacial score (nSPS) is 18.0. The van der Waals surface area contributed by atoms with E-state index >= 15 is 0 Å². The minimum absolute atomic E-state index is 0.0279. The third-order valence-corrected chi connectivity index (χ3v) is 6.37. The van der Waals surface area contributed by atoms with Gasteiger partial charge >= 0.3 is 0 Å². The standard InChI is InChI=1S/C19H21N3O4S/c1-22(17-7-8-27(25,26)13-17)19(24)16-9-15(11-20-12-16)18(23)21-10-14-5-3-2-4-6-14/h2-6,9,11-12,17H,7-8,10,13H2,1H3,(H,21,23). The van der Waals surface area contributed by atoms with Gasteiger partial charge in [-0.15, -0.1) is 0 Å². The maximum Gasteiger partial charge on any atom is 0.255 e. The number of nitrogens with one attached hydrogen (secondary N) is 1. The van der Waals surface area contributed by atoms with E-state index in [1.807, 2.05) is 30.3 Å². The van der Waals surface area contributed by atoms with Crippen molar-refractivity contribution in [1.29, 1.82) is 0 Å². The Balaban J connectivity index is 1.67. The predicted molar refractivity (Wildman–Crippen MR) is 101 cm³/mol. The number of pyridine rings is 1. The van der Waals surface area contributed by atoms with Gasteiger partial charge < -0.3 is 10.2 Å². The Bertz CT molecular complexity index is 944. The number of hydrogen-bond donors (Lipinski definition) is 1. The van der Waals surface area contributed by atoms with E-state index in [1.165, 1.54) is 23.4 Å². The lowest BCUT2D eigenvalue weighted by molar-refractivity contribution is 0.0747. The Morgan fingerprint density at radius 1 is 1.19 bits per heavy atom. The van der Waals surface area contributed by atoms with Crippen LogP contribution >= 0.6 is 0 Å². The first-order chi connectivity index (χ1) is 12.9. The number of nitrogens with zero attached hydrogens (tertiary/aromatic N) is 2. The number of sulfone groups is 1. The second kappa shape index (κ2) is 7.87. The lowest BCUT2D eigenvalue weighted by atomic mass is 10.1. The molecule has 1 atom stereocenters. The zero-order valence-electron chi connectivity index (χ0n) is 15.0. The van der Waals surface area contributed by atoms with E-state index in [-0.39, 0.29) is 40.5 Å². The minimum Gasteiger partial charge on any atom is -0.348 e. The van der Waals surface area contributed by atoms with E-state index < -0.39 is 9.84 Å². The van der Waals surface area contributed by atoms with Crippen molar-refractivity contribution < 1.29 is 18.0 Å². The minimum atomic E-state index is -3.09. The van der Waals surface area contributed by atoms with Gasteiger partial charge in [0.05, 0.1) is 22.6 Å². The zero-order valence-corrected chi connectivity index (χ0v) is 15.8. The molecule has 0 spiro atoms. The Kier molecular flexibility index (Phi) is 5.55. The number of amides is 2. The highest BCUT2D eigenvalue weighted by Crippen LogP contribution is 2.18. The average molecular weight is 387 g/mol. The van der Waals surface area contributed by atoms with Crippen molar-refractivity contribution in [3.8, 4) is 0 Å². The van der Waals surface area contributed by atoms with E-state index in [0.29, 0.717) is 13.0 Å². The van der Waals surface area contributed by atoms with Crippen molar-refractivity contribution >= 4 is 21.7 Å². The van der Waals surface area contributed by atoms with Crippen LogP contribution in [0.5, 0.6) is 0 Å². The van der Waals surface area contributed by atoms with Crippen molar-refractivity contribution in [3.05, 3.63) is 65.5 Å². The molecule has 1 aromatic heterocycles. The highest BCUT2D eigenvalue weighted by Gasteiger charge is 2.33. The summed E-state index contributed by atoms with van der Waals surface area (Å²) >= 11 is 0. The van der Waals surface area contributed by atoms with Gasteiger partial charge in [-0.05, 0) is 18.1 Å². The first-order valence-corrected chi connectivity index (χ1v) is 10.4. The summed E-state index contributed by atoms with van der Waals surface area (Å²) in [5, 5.41) is 2.79. The van der Waals surface area contributed by atoms with Crippen molar-refractivity contribution in [2.75, 3.05) is 18.6 Å². The predicted octanol–water partition coefficient (Wildman–Crippen LogP) is 1.27. The van der Waals surface area contributed by atoms with Gasteiger partial charge in [-0.25, -0.2) is 8.42 Å². The molecule has 3 rings (SSSR count). The maximum absolute atomic E-state index is 12.7. The third-order valence-electron chi connectivity index (χ3n) is 4.62. The fourth-order valence-electron chi connectivity index (χ4n) is 3.01. The summed E-state index contributed by atoms with van der Waals surface area (Å²) < 4.78 is 23.3. The molecule has 0 radical (unpaired) electrons. The lowest BCUT2D eigenvalue weighted by Gasteiger charge is -2.23. The molecule has 0 bridgehead atoms. The fourth-order valence-corrected chi connectivity index (χ4v) is 4.79. The van der Waals surface area contributed by atoms with E-state index in [2.05, 4.69) is 10.3 Å². The summed E-state index contributed by atoms with van der Waals surface area (Å²) in [5.74, 6) is -0.607. The van der Waals surface area contributed by atoms with Gasteiger partial charge in [0, 0.05) is 32.0 Å². The SMILES string of the molecule is CN(C(=O)c1cncc(C(=O)NCc2ccccc2)c1)C1CCS(=O)(=O)C1.